The predicted octanol–water partition coefficient (Wildman–Crippen LogP) is 1.23. The Morgan fingerprint density at radius 2 is 2.11 bits per heavy atom. The van der Waals surface area contributed by atoms with Gasteiger partial charge in [0.25, 0.3) is 0 Å². The molecule has 0 aliphatic rings. The number of aryl methyl sites for hydroxylation is 1. The van der Waals surface area contributed by atoms with Crippen LogP contribution in [0.4, 0.5) is 10.2 Å². The first-order valence-electron chi connectivity index (χ1n) is 5.03. The van der Waals surface area contributed by atoms with Crippen molar-refractivity contribution in [2.75, 3.05) is 12.8 Å². The summed E-state index contributed by atoms with van der Waals surface area (Å²) in [7, 11) is 2.83. The molecule has 7 heteroatoms. The van der Waals surface area contributed by atoms with Gasteiger partial charge in [-0.2, -0.15) is 5.10 Å². The van der Waals surface area contributed by atoms with Gasteiger partial charge in [-0.1, -0.05) is 0 Å². The monoisotopic (exact) mass is 253 g/mol. The smallest absolute Gasteiger partial charge is 0.177 e. The summed E-state index contributed by atoms with van der Waals surface area (Å²) in [5, 5.41) is 23.1. The molecule has 0 radical (unpaired) electrons. The maximum atomic E-state index is 14.1. The van der Waals surface area contributed by atoms with Gasteiger partial charge in [0, 0.05) is 13.1 Å². The lowest BCUT2D eigenvalue weighted by Gasteiger charge is -2.11. The third-order valence-electron chi connectivity index (χ3n) is 2.66. The van der Waals surface area contributed by atoms with Crippen molar-refractivity contribution in [2.45, 2.75) is 0 Å². The standard InChI is InChI=1S/C11H12FN3O3/c1-15-11(13)5(4-14-15)8-9(12)7(18-2)3-6(16)10(8)17/h3-4,16-17H,13H2,1-2H3. The lowest BCUT2D eigenvalue weighted by Crippen LogP contribution is -1.99. The van der Waals surface area contributed by atoms with Gasteiger partial charge < -0.3 is 20.7 Å². The summed E-state index contributed by atoms with van der Waals surface area (Å²) in [5.74, 6) is -1.94. The van der Waals surface area contributed by atoms with E-state index in [1.165, 1.54) is 18.0 Å². The lowest BCUT2D eigenvalue weighted by atomic mass is 10.1. The molecule has 0 bridgehead atoms. The number of hydrogen-bond acceptors (Lipinski definition) is 5. The number of anilines is 1. The summed E-state index contributed by atoms with van der Waals surface area (Å²) >= 11 is 0. The molecule has 0 saturated heterocycles. The summed E-state index contributed by atoms with van der Waals surface area (Å²) in [6.07, 6.45) is 1.30. The first-order chi connectivity index (χ1) is 8.47. The Balaban J connectivity index is 2.78. The number of ether oxygens (including phenoxy) is 1. The number of phenolic OH excluding ortho intramolecular Hbond substituents is 2. The van der Waals surface area contributed by atoms with E-state index >= 15 is 0 Å². The number of methoxy groups -OCH3 is 1. The molecule has 0 saturated carbocycles. The second-order valence-electron chi connectivity index (χ2n) is 3.70. The first kappa shape index (κ1) is 12.0. The summed E-state index contributed by atoms with van der Waals surface area (Å²) < 4.78 is 20.2. The van der Waals surface area contributed by atoms with Gasteiger partial charge in [0.2, 0.25) is 0 Å². The summed E-state index contributed by atoms with van der Waals surface area (Å²) in [4.78, 5) is 0. The number of nitrogen functional groups attached to an aromatic ring is 1. The van der Waals surface area contributed by atoms with Crippen LogP contribution in [0.1, 0.15) is 0 Å². The number of rotatable bonds is 2. The summed E-state index contributed by atoms with van der Waals surface area (Å²) in [6.45, 7) is 0. The average Bonchev–Trinajstić information content (AvgIpc) is 2.66. The molecule has 0 aliphatic heterocycles. The molecule has 6 nitrogen and oxygen atoms in total. The molecule has 18 heavy (non-hydrogen) atoms. The van der Waals surface area contributed by atoms with Crippen LogP contribution in [0.15, 0.2) is 12.3 Å². The fraction of sp³-hybridized carbons (Fsp3) is 0.182. The van der Waals surface area contributed by atoms with Crippen molar-refractivity contribution in [1.29, 1.82) is 0 Å². The minimum atomic E-state index is -0.813. The van der Waals surface area contributed by atoms with Crippen LogP contribution in [0, 0.1) is 5.82 Å². The van der Waals surface area contributed by atoms with Gasteiger partial charge in [-0.05, 0) is 0 Å². The van der Waals surface area contributed by atoms with Crippen molar-refractivity contribution < 1.29 is 19.3 Å². The van der Waals surface area contributed by atoms with Crippen LogP contribution in [0.2, 0.25) is 0 Å². The molecule has 1 aromatic heterocycles. The van der Waals surface area contributed by atoms with Gasteiger partial charge in [-0.3, -0.25) is 4.68 Å². The summed E-state index contributed by atoms with van der Waals surface area (Å²) in [5.41, 5.74) is 5.66. The molecule has 2 aromatic rings. The number of hydrogen-bond donors (Lipinski definition) is 3. The number of aromatic nitrogens is 2. The highest BCUT2D eigenvalue weighted by Crippen LogP contribution is 2.44. The molecular formula is C11H12FN3O3. The SMILES string of the molecule is COc1cc(O)c(O)c(-c2cnn(C)c2N)c1F. The third kappa shape index (κ3) is 1.60. The van der Waals surface area contributed by atoms with E-state index in [4.69, 9.17) is 10.5 Å². The molecule has 0 atom stereocenters. The lowest BCUT2D eigenvalue weighted by molar-refractivity contribution is 0.367. The van der Waals surface area contributed by atoms with Crippen LogP contribution in [-0.2, 0) is 7.05 Å². The molecular weight excluding hydrogens is 241 g/mol. The molecule has 1 heterocycles. The van der Waals surface area contributed by atoms with Gasteiger partial charge in [0.1, 0.15) is 5.82 Å². The number of phenols is 2. The van der Waals surface area contributed by atoms with E-state index in [-0.39, 0.29) is 22.7 Å². The van der Waals surface area contributed by atoms with Crippen LogP contribution < -0.4 is 10.5 Å². The van der Waals surface area contributed by atoms with E-state index in [0.29, 0.717) is 0 Å². The Hall–Kier alpha value is -2.44. The highest BCUT2D eigenvalue weighted by molar-refractivity contribution is 5.81. The molecule has 1 aromatic carbocycles. The number of aromatic hydroxyl groups is 2. The number of nitrogens with zero attached hydrogens (tertiary/aromatic N) is 2. The first-order valence-corrected chi connectivity index (χ1v) is 5.03. The fourth-order valence-electron chi connectivity index (χ4n) is 1.65. The highest BCUT2D eigenvalue weighted by atomic mass is 19.1. The molecule has 0 unspecified atom stereocenters. The average molecular weight is 253 g/mol. The maximum Gasteiger partial charge on any atom is 0.177 e. The van der Waals surface area contributed by atoms with E-state index in [9.17, 15) is 14.6 Å². The Labute approximate surface area is 102 Å². The second-order valence-corrected chi connectivity index (χ2v) is 3.70. The molecule has 96 valence electrons. The maximum absolute atomic E-state index is 14.1. The predicted molar refractivity (Wildman–Crippen MR) is 62.9 cm³/mol. The Morgan fingerprint density at radius 1 is 1.44 bits per heavy atom. The Morgan fingerprint density at radius 3 is 2.61 bits per heavy atom. The van der Waals surface area contributed by atoms with Gasteiger partial charge in [0.05, 0.1) is 24.4 Å². The summed E-state index contributed by atoms with van der Waals surface area (Å²) in [6, 6.07) is 0.987. The molecule has 4 N–H and O–H groups in total. The van der Waals surface area contributed by atoms with E-state index in [0.717, 1.165) is 6.07 Å². The van der Waals surface area contributed by atoms with Crippen molar-refractivity contribution in [3.63, 3.8) is 0 Å². The minimum absolute atomic E-state index is 0.164. The highest BCUT2D eigenvalue weighted by Gasteiger charge is 2.23. The zero-order valence-corrected chi connectivity index (χ0v) is 9.81. The van der Waals surface area contributed by atoms with Crippen molar-refractivity contribution >= 4 is 5.82 Å². The zero-order chi connectivity index (χ0) is 13.4. The van der Waals surface area contributed by atoms with Crippen molar-refractivity contribution in [3.05, 3.63) is 18.1 Å². The number of benzene rings is 1. The van der Waals surface area contributed by atoms with Crippen molar-refractivity contribution in [1.82, 2.24) is 9.78 Å². The molecule has 2 rings (SSSR count). The van der Waals surface area contributed by atoms with E-state index in [1.54, 1.807) is 7.05 Å². The Kier molecular flexibility index (Phi) is 2.74. The van der Waals surface area contributed by atoms with E-state index in [2.05, 4.69) is 5.10 Å². The number of halogens is 1. The largest absolute Gasteiger partial charge is 0.504 e. The van der Waals surface area contributed by atoms with Gasteiger partial charge in [0.15, 0.2) is 23.1 Å². The van der Waals surface area contributed by atoms with Crippen LogP contribution in [0.3, 0.4) is 0 Å². The quantitative estimate of drug-likeness (QED) is 0.700. The van der Waals surface area contributed by atoms with E-state index < -0.39 is 17.3 Å². The van der Waals surface area contributed by atoms with Gasteiger partial charge >= 0.3 is 0 Å². The van der Waals surface area contributed by atoms with Crippen LogP contribution >= 0.6 is 0 Å². The Bertz CT molecular complexity index is 610. The third-order valence-corrected chi connectivity index (χ3v) is 2.66. The van der Waals surface area contributed by atoms with Crippen LogP contribution in [0.5, 0.6) is 17.2 Å². The van der Waals surface area contributed by atoms with Crippen LogP contribution in [-0.4, -0.2) is 27.1 Å². The zero-order valence-electron chi connectivity index (χ0n) is 9.81. The minimum Gasteiger partial charge on any atom is -0.504 e. The topological polar surface area (TPSA) is 93.5 Å². The van der Waals surface area contributed by atoms with Crippen molar-refractivity contribution in [2.24, 2.45) is 7.05 Å². The second kappa shape index (κ2) is 4.10. The normalized spacial score (nSPS) is 10.6. The van der Waals surface area contributed by atoms with Crippen molar-refractivity contribution in [3.8, 4) is 28.4 Å². The molecule has 0 spiro atoms. The van der Waals surface area contributed by atoms with Gasteiger partial charge in [-0.25, -0.2) is 4.39 Å². The van der Waals surface area contributed by atoms with E-state index in [1.807, 2.05) is 0 Å². The van der Waals surface area contributed by atoms with Gasteiger partial charge in [-0.15, -0.1) is 0 Å². The molecule has 0 aliphatic carbocycles. The molecule has 0 amide bonds. The molecule has 0 fully saturated rings. The van der Waals surface area contributed by atoms with Crippen LogP contribution in [0.25, 0.3) is 11.1 Å². The fourth-order valence-corrected chi connectivity index (χ4v) is 1.65. The number of nitrogens with two attached hydrogens (primary N) is 1.